The van der Waals surface area contributed by atoms with Gasteiger partial charge in [-0.25, -0.2) is 0 Å². The Morgan fingerprint density at radius 3 is 2.02 bits per heavy atom. The Hall–Kier alpha value is -4.27. The van der Waals surface area contributed by atoms with Crippen LogP contribution in [-0.4, -0.2) is 92.0 Å². The molecule has 48 heavy (non-hydrogen) atoms. The third kappa shape index (κ3) is 7.88. The van der Waals surface area contributed by atoms with Gasteiger partial charge in [0.15, 0.2) is 23.0 Å². The maximum Gasteiger partial charge on any atom is 0.319 e. The quantitative estimate of drug-likeness (QED) is 0.142. The van der Waals surface area contributed by atoms with E-state index in [-0.39, 0.29) is 32.8 Å². The summed E-state index contributed by atoms with van der Waals surface area (Å²) in [4.78, 5) is 14.1. The predicted molar refractivity (Wildman–Crippen MR) is 172 cm³/mol. The third-order valence-corrected chi connectivity index (χ3v) is 8.21. The molecule has 0 spiro atoms. The summed E-state index contributed by atoms with van der Waals surface area (Å²) in [5.41, 5.74) is 5.66. The Morgan fingerprint density at radius 2 is 1.35 bits per heavy atom. The third-order valence-electron chi connectivity index (χ3n) is 8.21. The molecule has 1 fully saturated rings. The second-order valence-corrected chi connectivity index (χ2v) is 11.2. The van der Waals surface area contributed by atoms with Gasteiger partial charge in [0.1, 0.15) is 23.5 Å². The minimum absolute atomic E-state index is 0.0666. The second-order valence-electron chi connectivity index (χ2n) is 11.2. The van der Waals surface area contributed by atoms with Crippen molar-refractivity contribution in [2.24, 2.45) is 5.73 Å². The lowest BCUT2D eigenvalue weighted by Crippen LogP contribution is -2.35. The van der Waals surface area contributed by atoms with Crippen molar-refractivity contribution in [3.63, 3.8) is 0 Å². The maximum absolute atomic E-state index is 14.1. The van der Waals surface area contributed by atoms with Crippen LogP contribution in [0.3, 0.4) is 0 Å². The molecule has 0 radical (unpaired) electrons. The average molecular weight is 670 g/mol. The minimum atomic E-state index is -1.93. The number of esters is 1. The summed E-state index contributed by atoms with van der Waals surface area (Å²) in [5, 5.41) is 11.9. The first-order valence-corrected chi connectivity index (χ1v) is 15.7. The molecule has 1 saturated heterocycles. The van der Waals surface area contributed by atoms with Gasteiger partial charge in [0.25, 0.3) is 0 Å². The van der Waals surface area contributed by atoms with Crippen LogP contribution in [0.15, 0.2) is 54.6 Å². The Balaban J connectivity index is 1.39. The molecule has 2 heterocycles. The number of benzene rings is 3. The van der Waals surface area contributed by atoms with Gasteiger partial charge in [-0.15, -0.1) is 0 Å². The number of cyclic esters (lactones) is 1. The second kappa shape index (κ2) is 16.2. The van der Waals surface area contributed by atoms with Gasteiger partial charge >= 0.3 is 5.97 Å². The van der Waals surface area contributed by atoms with Crippen molar-refractivity contribution in [3.05, 3.63) is 71.3 Å². The molecule has 260 valence electrons. The van der Waals surface area contributed by atoms with Crippen molar-refractivity contribution in [1.82, 2.24) is 0 Å². The molecule has 0 amide bonds. The van der Waals surface area contributed by atoms with Gasteiger partial charge in [-0.2, -0.15) is 0 Å². The molecule has 2 aliphatic rings. The van der Waals surface area contributed by atoms with Gasteiger partial charge in [0, 0.05) is 24.6 Å². The number of hydrogen-bond donors (Lipinski definition) is 2. The zero-order valence-corrected chi connectivity index (χ0v) is 27.5. The van der Waals surface area contributed by atoms with E-state index >= 15 is 0 Å². The molecule has 13 heteroatoms. The van der Waals surface area contributed by atoms with E-state index in [1.807, 2.05) is 0 Å². The van der Waals surface area contributed by atoms with Crippen LogP contribution >= 0.6 is 0 Å². The highest BCUT2D eigenvalue weighted by Crippen LogP contribution is 2.52. The minimum Gasteiger partial charge on any atom is -0.497 e. The Kier molecular flexibility index (Phi) is 11.8. The number of hydrogen-bond acceptors (Lipinski definition) is 13. The number of rotatable bonds is 19. The molecule has 2 unspecified atom stereocenters. The van der Waals surface area contributed by atoms with E-state index in [9.17, 15) is 9.90 Å². The van der Waals surface area contributed by atoms with Crippen molar-refractivity contribution in [3.8, 4) is 34.5 Å². The molecule has 0 aliphatic carbocycles. The number of aliphatic hydroxyl groups is 1. The number of fused-ring (bicyclic) bond motifs is 1. The normalized spacial score (nSPS) is 19.6. The lowest BCUT2D eigenvalue weighted by atomic mass is 9.71. The van der Waals surface area contributed by atoms with Crippen molar-refractivity contribution >= 4 is 5.97 Å². The van der Waals surface area contributed by atoms with Crippen LogP contribution < -0.4 is 34.2 Å². The Labute approximate surface area is 279 Å². The molecule has 0 aromatic heterocycles. The van der Waals surface area contributed by atoms with Crippen LogP contribution in [0, 0.1) is 0 Å². The molecule has 0 saturated carbocycles. The fraction of sp³-hybridized carbons (Fsp3) is 0.457. The van der Waals surface area contributed by atoms with Crippen molar-refractivity contribution in [1.29, 1.82) is 0 Å². The summed E-state index contributed by atoms with van der Waals surface area (Å²) in [6.45, 7) is 3.24. The predicted octanol–water partition coefficient (Wildman–Crippen LogP) is 3.10. The standard InChI is InChI=1S/C35H43NO12/c1-39-27-7-4-25(5-8-27)35(38)22-34(33(37)48-35,26-6-9-28-32(19-26)47-23-46-28)21-24-18-30(40-2)31(41-3)20-29(24)45-17-16-44-15-14-43-13-12-42-11-10-36/h4-9,18-20,38H,10-17,21-23,36H2,1-3H3. The van der Waals surface area contributed by atoms with Crippen LogP contribution in [0.2, 0.25) is 0 Å². The summed E-state index contributed by atoms with van der Waals surface area (Å²) in [5.74, 6) is 0.465. The van der Waals surface area contributed by atoms with E-state index in [1.54, 1.807) is 61.7 Å². The summed E-state index contributed by atoms with van der Waals surface area (Å²) >= 11 is 0. The van der Waals surface area contributed by atoms with Gasteiger partial charge in [0.2, 0.25) is 12.6 Å². The van der Waals surface area contributed by atoms with Gasteiger partial charge in [-0.1, -0.05) is 6.07 Å². The molecule has 0 bridgehead atoms. The van der Waals surface area contributed by atoms with E-state index in [1.165, 1.54) is 14.2 Å². The molecule has 2 aliphatic heterocycles. The largest absolute Gasteiger partial charge is 0.497 e. The van der Waals surface area contributed by atoms with Crippen LogP contribution in [0.5, 0.6) is 34.5 Å². The summed E-state index contributed by atoms with van der Waals surface area (Å²) in [6, 6.07) is 15.5. The van der Waals surface area contributed by atoms with E-state index in [2.05, 4.69) is 0 Å². The Bertz CT molecular complexity index is 1520. The molecule has 3 aromatic carbocycles. The number of carbonyl (C=O) groups excluding carboxylic acids is 1. The average Bonchev–Trinajstić information content (AvgIpc) is 3.69. The number of methoxy groups -OCH3 is 3. The van der Waals surface area contributed by atoms with Gasteiger partial charge < -0.3 is 58.2 Å². The highest BCUT2D eigenvalue weighted by atomic mass is 16.7. The first kappa shape index (κ1) is 35.0. The maximum atomic E-state index is 14.1. The molecule has 2 atom stereocenters. The van der Waals surface area contributed by atoms with Crippen LogP contribution in [0.1, 0.15) is 23.1 Å². The molecule has 13 nitrogen and oxygen atoms in total. The number of ether oxygens (including phenoxy) is 10. The highest BCUT2D eigenvalue weighted by Gasteiger charge is 2.58. The zero-order chi connectivity index (χ0) is 34.0. The molecule has 3 N–H and O–H groups in total. The lowest BCUT2D eigenvalue weighted by Gasteiger charge is -2.28. The van der Waals surface area contributed by atoms with Crippen LogP contribution in [0.4, 0.5) is 0 Å². The smallest absolute Gasteiger partial charge is 0.319 e. The first-order chi connectivity index (χ1) is 23.4. The molecular weight excluding hydrogens is 626 g/mol. The van der Waals surface area contributed by atoms with E-state index < -0.39 is 17.2 Å². The zero-order valence-electron chi connectivity index (χ0n) is 27.5. The SMILES string of the molecule is COc1ccc(C2(O)CC(Cc3cc(OC)c(OC)cc3OCCOCCOCCOCCN)(c3ccc4c(c3)OCO4)C(=O)O2)cc1. The summed E-state index contributed by atoms with van der Waals surface area (Å²) in [7, 11) is 4.61. The highest BCUT2D eigenvalue weighted by molar-refractivity contribution is 5.87. The molecule has 3 aromatic rings. The topological polar surface area (TPSA) is 156 Å². The monoisotopic (exact) mass is 669 g/mol. The van der Waals surface area contributed by atoms with Crippen molar-refractivity contribution < 1.29 is 57.3 Å². The Morgan fingerprint density at radius 1 is 0.729 bits per heavy atom. The van der Waals surface area contributed by atoms with Gasteiger partial charge in [-0.3, -0.25) is 4.79 Å². The van der Waals surface area contributed by atoms with E-state index in [0.717, 1.165) is 0 Å². The summed E-state index contributed by atoms with van der Waals surface area (Å²) in [6.07, 6.45) is -0.0144. The van der Waals surface area contributed by atoms with Gasteiger partial charge in [-0.05, 0) is 60.0 Å². The molecular formula is C35H43NO12. The summed E-state index contributed by atoms with van der Waals surface area (Å²) < 4.78 is 56.2. The number of nitrogens with two attached hydrogens (primary N) is 1. The first-order valence-electron chi connectivity index (χ1n) is 15.7. The fourth-order valence-corrected chi connectivity index (χ4v) is 5.77. The van der Waals surface area contributed by atoms with Crippen LogP contribution in [-0.2, 0) is 41.4 Å². The van der Waals surface area contributed by atoms with Gasteiger partial charge in [0.05, 0.1) is 61.0 Å². The van der Waals surface area contributed by atoms with Crippen molar-refractivity contribution in [2.75, 3.05) is 80.9 Å². The fourth-order valence-electron chi connectivity index (χ4n) is 5.77. The van der Waals surface area contributed by atoms with Crippen LogP contribution in [0.25, 0.3) is 0 Å². The van der Waals surface area contributed by atoms with Crippen molar-refractivity contribution in [2.45, 2.75) is 24.0 Å². The number of carbonyl (C=O) groups is 1. The van der Waals surface area contributed by atoms with E-state index in [4.69, 9.17) is 53.1 Å². The molecule has 5 rings (SSSR count). The van der Waals surface area contributed by atoms with E-state index in [0.29, 0.717) is 90.8 Å². The lowest BCUT2D eigenvalue weighted by molar-refractivity contribution is -0.193.